The predicted octanol–water partition coefficient (Wildman–Crippen LogP) is 4.36. The zero-order chi connectivity index (χ0) is 20.5. The van der Waals surface area contributed by atoms with E-state index in [9.17, 15) is 14.0 Å². The second kappa shape index (κ2) is 10.8. The van der Waals surface area contributed by atoms with E-state index in [1.807, 2.05) is 26.0 Å². The van der Waals surface area contributed by atoms with E-state index in [0.717, 1.165) is 12.0 Å². The molecule has 0 aliphatic heterocycles. The van der Waals surface area contributed by atoms with Crippen molar-refractivity contribution in [2.45, 2.75) is 45.7 Å². The summed E-state index contributed by atoms with van der Waals surface area (Å²) in [6, 6.07) is 12.5. The highest BCUT2D eigenvalue weighted by Gasteiger charge is 2.28. The summed E-state index contributed by atoms with van der Waals surface area (Å²) in [5.74, 6) is -0.689. The van der Waals surface area contributed by atoms with E-state index in [-0.39, 0.29) is 24.1 Å². The molecular weight excluding hydrogens is 379 g/mol. The fraction of sp³-hybridized carbons (Fsp3) is 0.364. The number of nitrogens with zero attached hydrogens (tertiary/aromatic N) is 1. The van der Waals surface area contributed by atoms with Crippen LogP contribution in [0.1, 0.15) is 37.8 Å². The third kappa shape index (κ3) is 6.34. The molecule has 1 atom stereocenters. The Morgan fingerprint density at radius 1 is 1.04 bits per heavy atom. The smallest absolute Gasteiger partial charge is 0.242 e. The summed E-state index contributed by atoms with van der Waals surface area (Å²) in [5.41, 5.74) is 1.59. The van der Waals surface area contributed by atoms with E-state index in [2.05, 4.69) is 5.32 Å². The topological polar surface area (TPSA) is 49.4 Å². The molecular formula is C22H26ClFN2O2. The third-order valence-electron chi connectivity index (χ3n) is 4.47. The summed E-state index contributed by atoms with van der Waals surface area (Å²) in [4.78, 5) is 27.3. The Kier molecular flexibility index (Phi) is 8.45. The van der Waals surface area contributed by atoms with Crippen LogP contribution in [0.2, 0.25) is 5.02 Å². The van der Waals surface area contributed by atoms with Crippen molar-refractivity contribution in [1.29, 1.82) is 0 Å². The van der Waals surface area contributed by atoms with Crippen molar-refractivity contribution in [3.8, 4) is 0 Å². The van der Waals surface area contributed by atoms with Gasteiger partial charge in [-0.2, -0.15) is 0 Å². The molecule has 1 N–H and O–H groups in total. The average molecular weight is 405 g/mol. The van der Waals surface area contributed by atoms with Crippen LogP contribution >= 0.6 is 11.6 Å². The minimum atomic E-state index is -0.574. The predicted molar refractivity (Wildman–Crippen MR) is 109 cm³/mol. The first-order valence-electron chi connectivity index (χ1n) is 9.50. The molecule has 0 aliphatic rings. The van der Waals surface area contributed by atoms with E-state index in [0.29, 0.717) is 30.1 Å². The Balaban J connectivity index is 2.24. The number of hydrogen-bond acceptors (Lipinski definition) is 2. The van der Waals surface area contributed by atoms with Crippen LogP contribution in [0.15, 0.2) is 48.5 Å². The Labute approximate surface area is 170 Å². The molecule has 2 rings (SSSR count). The molecule has 2 amide bonds. The first-order valence-corrected chi connectivity index (χ1v) is 9.88. The van der Waals surface area contributed by atoms with Crippen molar-refractivity contribution in [1.82, 2.24) is 10.2 Å². The summed E-state index contributed by atoms with van der Waals surface area (Å²) in [6.07, 6.45) is 1.42. The molecule has 0 aromatic heterocycles. The lowest BCUT2D eigenvalue weighted by molar-refractivity contribution is -0.140. The molecule has 0 heterocycles. The van der Waals surface area contributed by atoms with Gasteiger partial charge in [0, 0.05) is 18.1 Å². The molecule has 0 fully saturated rings. The fourth-order valence-electron chi connectivity index (χ4n) is 2.95. The van der Waals surface area contributed by atoms with Crippen molar-refractivity contribution >= 4 is 23.4 Å². The van der Waals surface area contributed by atoms with Gasteiger partial charge < -0.3 is 10.2 Å². The first-order chi connectivity index (χ1) is 13.4. The Morgan fingerprint density at radius 2 is 1.64 bits per heavy atom. The SMILES string of the molecule is CCCNC(=O)[C@H](CC)N(Cc1ccc(Cl)cc1)C(=O)Cc1ccc(F)cc1. The molecule has 0 saturated heterocycles. The number of amides is 2. The molecule has 2 aromatic carbocycles. The molecule has 6 heteroatoms. The van der Waals surface area contributed by atoms with Crippen LogP contribution in [0.25, 0.3) is 0 Å². The van der Waals surface area contributed by atoms with Crippen molar-refractivity contribution < 1.29 is 14.0 Å². The van der Waals surface area contributed by atoms with Crippen LogP contribution < -0.4 is 5.32 Å². The highest BCUT2D eigenvalue weighted by atomic mass is 35.5. The third-order valence-corrected chi connectivity index (χ3v) is 4.72. The lowest BCUT2D eigenvalue weighted by Crippen LogP contribution is -2.49. The highest BCUT2D eigenvalue weighted by Crippen LogP contribution is 2.17. The van der Waals surface area contributed by atoms with Gasteiger partial charge in [-0.15, -0.1) is 0 Å². The van der Waals surface area contributed by atoms with Gasteiger partial charge in [0.15, 0.2) is 0 Å². The maximum atomic E-state index is 13.2. The van der Waals surface area contributed by atoms with Crippen LogP contribution in [0.3, 0.4) is 0 Å². The molecule has 150 valence electrons. The van der Waals surface area contributed by atoms with Crippen molar-refractivity contribution in [3.63, 3.8) is 0 Å². The van der Waals surface area contributed by atoms with Gasteiger partial charge in [0.1, 0.15) is 11.9 Å². The monoisotopic (exact) mass is 404 g/mol. The first kappa shape index (κ1) is 21.9. The molecule has 0 aliphatic carbocycles. The van der Waals surface area contributed by atoms with Crippen LogP contribution in [0.4, 0.5) is 4.39 Å². The van der Waals surface area contributed by atoms with Gasteiger partial charge >= 0.3 is 0 Å². The standard InChI is InChI=1S/C22H26ClFN2O2/c1-3-13-25-22(28)20(4-2)26(15-17-5-9-18(23)10-6-17)21(27)14-16-7-11-19(24)12-8-16/h5-12,20H,3-4,13-15H2,1-2H3,(H,25,28)/t20-/m0/s1. The van der Waals surface area contributed by atoms with Gasteiger partial charge in [0.2, 0.25) is 11.8 Å². The van der Waals surface area contributed by atoms with Crippen molar-refractivity contribution in [2.75, 3.05) is 6.54 Å². The molecule has 0 saturated carbocycles. The van der Waals surface area contributed by atoms with Crippen molar-refractivity contribution in [3.05, 3.63) is 70.5 Å². The van der Waals surface area contributed by atoms with Gasteiger partial charge in [-0.05, 0) is 48.2 Å². The number of carbonyl (C=O) groups excluding carboxylic acids is 2. The minimum absolute atomic E-state index is 0.103. The lowest BCUT2D eigenvalue weighted by atomic mass is 10.1. The number of rotatable bonds is 9. The summed E-state index contributed by atoms with van der Waals surface area (Å²) >= 11 is 5.95. The highest BCUT2D eigenvalue weighted by molar-refractivity contribution is 6.30. The normalized spacial score (nSPS) is 11.7. The van der Waals surface area contributed by atoms with E-state index >= 15 is 0 Å². The number of carbonyl (C=O) groups is 2. The Morgan fingerprint density at radius 3 is 2.21 bits per heavy atom. The van der Waals surface area contributed by atoms with E-state index in [1.165, 1.54) is 12.1 Å². The summed E-state index contributed by atoms with van der Waals surface area (Å²) in [7, 11) is 0. The number of hydrogen-bond donors (Lipinski definition) is 1. The zero-order valence-electron chi connectivity index (χ0n) is 16.3. The minimum Gasteiger partial charge on any atom is -0.354 e. The van der Waals surface area contributed by atoms with Gasteiger partial charge in [-0.25, -0.2) is 4.39 Å². The van der Waals surface area contributed by atoms with Crippen molar-refractivity contribution in [2.24, 2.45) is 0 Å². The number of halogens is 2. The van der Waals surface area contributed by atoms with Gasteiger partial charge in [0.05, 0.1) is 6.42 Å². The molecule has 28 heavy (non-hydrogen) atoms. The van der Waals surface area contributed by atoms with Gasteiger partial charge in [-0.3, -0.25) is 9.59 Å². The Bertz CT molecular complexity index is 778. The lowest BCUT2D eigenvalue weighted by Gasteiger charge is -2.30. The van der Waals surface area contributed by atoms with Crippen LogP contribution in [-0.4, -0.2) is 29.3 Å². The molecule has 0 spiro atoms. The quantitative estimate of drug-likeness (QED) is 0.675. The zero-order valence-corrected chi connectivity index (χ0v) is 17.0. The summed E-state index contributed by atoms with van der Waals surface area (Å²) in [5, 5.41) is 3.49. The largest absolute Gasteiger partial charge is 0.354 e. The second-order valence-electron chi connectivity index (χ2n) is 6.67. The van der Waals surface area contributed by atoms with E-state index < -0.39 is 6.04 Å². The maximum absolute atomic E-state index is 13.2. The number of benzene rings is 2. The van der Waals surface area contributed by atoms with Gasteiger partial charge in [0.25, 0.3) is 0 Å². The fourth-order valence-corrected chi connectivity index (χ4v) is 3.08. The van der Waals surface area contributed by atoms with Gasteiger partial charge in [-0.1, -0.05) is 49.7 Å². The average Bonchev–Trinajstić information content (AvgIpc) is 2.69. The summed E-state index contributed by atoms with van der Waals surface area (Å²) in [6.45, 7) is 4.73. The number of nitrogens with one attached hydrogen (secondary N) is 1. The van der Waals surface area contributed by atoms with Crippen LogP contribution in [0, 0.1) is 5.82 Å². The second-order valence-corrected chi connectivity index (χ2v) is 7.10. The Hall–Kier alpha value is -2.40. The van der Waals surface area contributed by atoms with E-state index in [4.69, 9.17) is 11.6 Å². The van der Waals surface area contributed by atoms with Crippen LogP contribution in [0.5, 0.6) is 0 Å². The van der Waals surface area contributed by atoms with E-state index in [1.54, 1.807) is 29.2 Å². The molecule has 4 nitrogen and oxygen atoms in total. The van der Waals surface area contributed by atoms with Crippen LogP contribution in [-0.2, 0) is 22.6 Å². The summed E-state index contributed by atoms with van der Waals surface area (Å²) < 4.78 is 13.2. The molecule has 2 aromatic rings. The maximum Gasteiger partial charge on any atom is 0.242 e. The molecule has 0 bridgehead atoms. The molecule has 0 radical (unpaired) electrons. The molecule has 0 unspecified atom stereocenters.